The highest BCUT2D eigenvalue weighted by atomic mass is 35.5. The predicted octanol–water partition coefficient (Wildman–Crippen LogP) is 2.78. The molecule has 0 atom stereocenters. The fourth-order valence-corrected chi connectivity index (χ4v) is 2.49. The Labute approximate surface area is 119 Å². The van der Waals surface area contributed by atoms with Crippen molar-refractivity contribution in [2.45, 2.75) is 6.92 Å². The fourth-order valence-electron chi connectivity index (χ4n) is 1.48. The number of carbonyl (C=O) groups is 2. The first kappa shape index (κ1) is 13.6. The smallest absolute Gasteiger partial charge is 0.267 e. The first-order valence-electron chi connectivity index (χ1n) is 5.48. The molecule has 1 aromatic carbocycles. The van der Waals surface area contributed by atoms with Crippen LogP contribution in [-0.2, 0) is 0 Å². The monoisotopic (exact) mass is 294 g/mol. The lowest BCUT2D eigenvalue weighted by molar-refractivity contribution is 0.0848. The Morgan fingerprint density at radius 2 is 1.89 bits per heavy atom. The summed E-state index contributed by atoms with van der Waals surface area (Å²) in [5.41, 5.74) is 5.98. The number of hydrazine groups is 1. The van der Waals surface area contributed by atoms with Crippen molar-refractivity contribution in [3.63, 3.8) is 0 Å². The summed E-state index contributed by atoms with van der Waals surface area (Å²) in [7, 11) is 0. The van der Waals surface area contributed by atoms with Gasteiger partial charge in [-0.2, -0.15) is 0 Å². The van der Waals surface area contributed by atoms with Gasteiger partial charge in [-0.1, -0.05) is 17.7 Å². The van der Waals surface area contributed by atoms with Gasteiger partial charge in [0.1, 0.15) is 0 Å². The molecule has 0 saturated carbocycles. The summed E-state index contributed by atoms with van der Waals surface area (Å²) >= 11 is 7.11. The minimum atomic E-state index is -0.412. The number of carbonyl (C=O) groups excluding carboxylic acids is 2. The Morgan fingerprint density at radius 3 is 2.53 bits per heavy atom. The van der Waals surface area contributed by atoms with E-state index in [9.17, 15) is 9.59 Å². The molecule has 4 nitrogen and oxygen atoms in total. The molecule has 19 heavy (non-hydrogen) atoms. The summed E-state index contributed by atoms with van der Waals surface area (Å²) in [4.78, 5) is 24.1. The average Bonchev–Trinajstić information content (AvgIpc) is 2.82. The molecule has 0 spiro atoms. The van der Waals surface area contributed by atoms with Gasteiger partial charge in [-0.25, -0.2) is 0 Å². The van der Waals surface area contributed by atoms with Crippen molar-refractivity contribution in [2.24, 2.45) is 0 Å². The van der Waals surface area contributed by atoms with E-state index in [4.69, 9.17) is 11.6 Å². The third-order valence-electron chi connectivity index (χ3n) is 2.44. The lowest BCUT2D eigenvalue weighted by Gasteiger charge is -2.07. The third-order valence-corrected chi connectivity index (χ3v) is 3.70. The molecule has 0 saturated heterocycles. The van der Waals surface area contributed by atoms with Crippen LogP contribution in [-0.4, -0.2) is 11.8 Å². The van der Waals surface area contributed by atoms with Gasteiger partial charge in [0.05, 0.1) is 4.88 Å². The summed E-state index contributed by atoms with van der Waals surface area (Å²) in [6.07, 6.45) is 0. The highest BCUT2D eigenvalue weighted by molar-refractivity contribution is 7.12. The zero-order chi connectivity index (χ0) is 13.8. The zero-order valence-electron chi connectivity index (χ0n) is 10.1. The molecule has 1 aromatic heterocycles. The lowest BCUT2D eigenvalue weighted by Crippen LogP contribution is -2.41. The third kappa shape index (κ3) is 3.33. The Hall–Kier alpha value is -1.85. The van der Waals surface area contributed by atoms with Crippen molar-refractivity contribution in [1.82, 2.24) is 10.9 Å². The summed E-state index contributed by atoms with van der Waals surface area (Å²) in [6, 6.07) is 8.33. The normalized spacial score (nSPS) is 10.0. The van der Waals surface area contributed by atoms with Gasteiger partial charge in [-0.3, -0.25) is 20.4 Å². The van der Waals surface area contributed by atoms with E-state index >= 15 is 0 Å². The van der Waals surface area contributed by atoms with Crippen LogP contribution in [0.1, 0.15) is 25.6 Å². The van der Waals surface area contributed by atoms with Gasteiger partial charge in [-0.05, 0) is 42.1 Å². The Morgan fingerprint density at radius 1 is 1.16 bits per heavy atom. The van der Waals surface area contributed by atoms with E-state index in [1.54, 1.807) is 18.2 Å². The van der Waals surface area contributed by atoms with Crippen LogP contribution in [0, 0.1) is 6.92 Å². The van der Waals surface area contributed by atoms with Crippen LogP contribution in [0.5, 0.6) is 0 Å². The number of thiophene rings is 1. The Bertz CT molecular complexity index is 625. The molecule has 2 aromatic rings. The Kier molecular flexibility index (Phi) is 4.19. The number of aryl methyl sites for hydroxylation is 1. The van der Waals surface area contributed by atoms with Crippen LogP contribution in [0.25, 0.3) is 0 Å². The van der Waals surface area contributed by atoms with Crippen molar-refractivity contribution in [3.8, 4) is 0 Å². The molecule has 98 valence electrons. The zero-order valence-corrected chi connectivity index (χ0v) is 11.6. The molecule has 2 N–H and O–H groups in total. The molecule has 0 aliphatic carbocycles. The number of benzene rings is 1. The minimum Gasteiger partial charge on any atom is -0.267 e. The largest absolute Gasteiger partial charge is 0.280 e. The maximum atomic E-state index is 11.8. The van der Waals surface area contributed by atoms with Crippen LogP contribution in [0.15, 0.2) is 35.7 Å². The van der Waals surface area contributed by atoms with Crippen LogP contribution >= 0.6 is 22.9 Å². The molecule has 0 bridgehead atoms. The second-order valence-electron chi connectivity index (χ2n) is 3.85. The molecule has 0 radical (unpaired) electrons. The van der Waals surface area contributed by atoms with Crippen LogP contribution in [0.3, 0.4) is 0 Å². The molecule has 0 aliphatic rings. The van der Waals surface area contributed by atoms with Gasteiger partial charge < -0.3 is 0 Å². The van der Waals surface area contributed by atoms with E-state index in [-0.39, 0.29) is 5.91 Å². The van der Waals surface area contributed by atoms with Gasteiger partial charge in [0.25, 0.3) is 11.8 Å². The molecule has 0 fully saturated rings. The molecular weight excluding hydrogens is 284 g/mol. The number of amides is 2. The number of hydrogen-bond acceptors (Lipinski definition) is 3. The van der Waals surface area contributed by atoms with Gasteiger partial charge in [0, 0.05) is 10.6 Å². The highest BCUT2D eigenvalue weighted by Crippen LogP contribution is 2.14. The topological polar surface area (TPSA) is 58.2 Å². The fraction of sp³-hybridized carbons (Fsp3) is 0.0769. The summed E-state index contributed by atoms with van der Waals surface area (Å²) < 4.78 is 0. The van der Waals surface area contributed by atoms with E-state index in [1.165, 1.54) is 17.4 Å². The maximum Gasteiger partial charge on any atom is 0.280 e. The first-order valence-corrected chi connectivity index (χ1v) is 6.74. The lowest BCUT2D eigenvalue weighted by atomic mass is 10.2. The average molecular weight is 295 g/mol. The highest BCUT2D eigenvalue weighted by Gasteiger charge is 2.12. The molecule has 1 heterocycles. The first-order chi connectivity index (χ1) is 9.08. The van der Waals surface area contributed by atoms with E-state index in [1.807, 2.05) is 18.4 Å². The van der Waals surface area contributed by atoms with Crippen molar-refractivity contribution in [1.29, 1.82) is 0 Å². The minimum absolute atomic E-state index is 0.331. The molecular formula is C13H11ClN2O2S. The van der Waals surface area contributed by atoms with Gasteiger partial charge in [-0.15, -0.1) is 11.3 Å². The number of nitrogens with one attached hydrogen (secondary N) is 2. The van der Waals surface area contributed by atoms with Crippen molar-refractivity contribution in [2.75, 3.05) is 0 Å². The second kappa shape index (κ2) is 5.86. The second-order valence-corrected chi connectivity index (χ2v) is 5.20. The van der Waals surface area contributed by atoms with Crippen molar-refractivity contribution >= 4 is 34.8 Å². The van der Waals surface area contributed by atoms with E-state index in [0.29, 0.717) is 15.5 Å². The molecule has 6 heteroatoms. The van der Waals surface area contributed by atoms with Crippen LogP contribution in [0.4, 0.5) is 0 Å². The molecule has 2 amide bonds. The maximum absolute atomic E-state index is 11.8. The van der Waals surface area contributed by atoms with Gasteiger partial charge in [0.15, 0.2) is 0 Å². The summed E-state index contributed by atoms with van der Waals surface area (Å²) in [5, 5.41) is 2.29. The van der Waals surface area contributed by atoms with Crippen molar-refractivity contribution < 1.29 is 9.59 Å². The molecule has 0 unspecified atom stereocenters. The Balaban J connectivity index is 1.98. The summed E-state index contributed by atoms with van der Waals surface area (Å²) in [5.74, 6) is -0.743. The molecule has 2 rings (SSSR count). The van der Waals surface area contributed by atoms with Gasteiger partial charge in [0.2, 0.25) is 0 Å². The summed E-state index contributed by atoms with van der Waals surface area (Å²) in [6.45, 7) is 1.84. The van der Waals surface area contributed by atoms with Gasteiger partial charge >= 0.3 is 0 Å². The number of hydrogen-bond donors (Lipinski definition) is 2. The number of halogens is 1. The molecule has 0 aliphatic heterocycles. The predicted molar refractivity (Wildman–Crippen MR) is 75.4 cm³/mol. The van der Waals surface area contributed by atoms with Crippen molar-refractivity contribution in [3.05, 3.63) is 56.7 Å². The van der Waals surface area contributed by atoms with E-state index in [0.717, 1.165) is 5.56 Å². The quantitative estimate of drug-likeness (QED) is 0.837. The number of rotatable bonds is 2. The van der Waals surface area contributed by atoms with E-state index < -0.39 is 5.91 Å². The standard InChI is InChI=1S/C13H11ClN2O2S/c1-8-5-6-19-11(8)13(18)16-15-12(17)9-3-2-4-10(14)7-9/h2-7H,1H3,(H,15,17)(H,16,18). The van der Waals surface area contributed by atoms with Crippen LogP contribution < -0.4 is 10.9 Å². The van der Waals surface area contributed by atoms with E-state index in [2.05, 4.69) is 10.9 Å². The van der Waals surface area contributed by atoms with Crippen LogP contribution in [0.2, 0.25) is 5.02 Å². The SMILES string of the molecule is Cc1ccsc1C(=O)NNC(=O)c1cccc(Cl)c1.